The van der Waals surface area contributed by atoms with Gasteiger partial charge in [0.2, 0.25) is 15.9 Å². The fraction of sp³-hybridized carbons (Fsp3) is 0.174. The minimum Gasteiger partial charge on any atom is -0.325 e. The molecule has 0 radical (unpaired) electrons. The van der Waals surface area contributed by atoms with E-state index < -0.39 is 10.0 Å². The first-order chi connectivity index (χ1) is 14.8. The molecule has 0 saturated heterocycles. The second kappa shape index (κ2) is 10.8. The van der Waals surface area contributed by atoms with E-state index >= 15 is 0 Å². The normalized spacial score (nSPS) is 11.3. The lowest BCUT2D eigenvalue weighted by molar-refractivity contribution is -0.116. The summed E-state index contributed by atoms with van der Waals surface area (Å²) in [6.45, 7) is 0.320. The molecule has 0 fully saturated rings. The van der Waals surface area contributed by atoms with Gasteiger partial charge < -0.3 is 5.32 Å². The van der Waals surface area contributed by atoms with Gasteiger partial charge in [-0.05, 0) is 54.3 Å². The SMILES string of the molecule is O=C(CCc1ccc(S(=O)(=O)NCCc2ccccc2)cc1)Nc1cc(Cl)ccc1Cl. The van der Waals surface area contributed by atoms with Gasteiger partial charge in [-0.25, -0.2) is 13.1 Å². The molecule has 2 N–H and O–H groups in total. The first kappa shape index (κ1) is 23.3. The highest BCUT2D eigenvalue weighted by Gasteiger charge is 2.13. The van der Waals surface area contributed by atoms with Gasteiger partial charge in [0, 0.05) is 18.0 Å². The number of amides is 1. The Labute approximate surface area is 192 Å². The lowest BCUT2D eigenvalue weighted by Crippen LogP contribution is -2.26. The van der Waals surface area contributed by atoms with Crippen LogP contribution in [0.5, 0.6) is 0 Å². The molecule has 3 rings (SSSR count). The number of sulfonamides is 1. The fourth-order valence-corrected chi connectivity index (χ4v) is 4.33. The first-order valence-electron chi connectivity index (χ1n) is 9.71. The molecule has 0 aromatic heterocycles. The molecular formula is C23H22Cl2N2O3S. The van der Waals surface area contributed by atoms with Crippen molar-refractivity contribution in [1.29, 1.82) is 0 Å². The van der Waals surface area contributed by atoms with Crippen LogP contribution in [0.25, 0.3) is 0 Å². The Hall–Kier alpha value is -2.38. The van der Waals surface area contributed by atoms with Crippen LogP contribution in [0.4, 0.5) is 5.69 Å². The van der Waals surface area contributed by atoms with Crippen LogP contribution in [-0.2, 0) is 27.7 Å². The molecule has 0 unspecified atom stereocenters. The summed E-state index contributed by atoms with van der Waals surface area (Å²) in [5.41, 5.74) is 2.38. The number of halogens is 2. The minimum absolute atomic E-state index is 0.194. The monoisotopic (exact) mass is 476 g/mol. The number of anilines is 1. The molecule has 0 aliphatic carbocycles. The molecule has 0 aliphatic rings. The predicted octanol–water partition coefficient (Wildman–Crippen LogP) is 5.09. The van der Waals surface area contributed by atoms with Crippen LogP contribution >= 0.6 is 23.2 Å². The van der Waals surface area contributed by atoms with Crippen molar-refractivity contribution in [3.8, 4) is 0 Å². The zero-order chi connectivity index (χ0) is 22.3. The van der Waals surface area contributed by atoms with Crippen molar-refractivity contribution in [2.45, 2.75) is 24.2 Å². The van der Waals surface area contributed by atoms with Crippen LogP contribution in [0.15, 0.2) is 77.7 Å². The van der Waals surface area contributed by atoms with Gasteiger partial charge in [-0.3, -0.25) is 4.79 Å². The Morgan fingerprint density at radius 2 is 1.52 bits per heavy atom. The quantitative estimate of drug-likeness (QED) is 0.451. The Bertz CT molecular complexity index is 1140. The smallest absolute Gasteiger partial charge is 0.240 e. The Kier molecular flexibility index (Phi) is 8.09. The third kappa shape index (κ3) is 7.08. The average molecular weight is 477 g/mol. The lowest BCUT2D eigenvalue weighted by Gasteiger charge is -2.09. The summed E-state index contributed by atoms with van der Waals surface area (Å²) >= 11 is 12.0. The Balaban J connectivity index is 1.50. The van der Waals surface area contributed by atoms with E-state index in [9.17, 15) is 13.2 Å². The second-order valence-corrected chi connectivity index (χ2v) is 9.56. The van der Waals surface area contributed by atoms with Crippen LogP contribution in [0.1, 0.15) is 17.5 Å². The maximum atomic E-state index is 12.5. The van der Waals surface area contributed by atoms with E-state index in [2.05, 4.69) is 10.0 Å². The van der Waals surface area contributed by atoms with Gasteiger partial charge in [0.15, 0.2) is 0 Å². The third-order valence-electron chi connectivity index (χ3n) is 4.63. The summed E-state index contributed by atoms with van der Waals surface area (Å²) in [5, 5.41) is 3.62. The van der Waals surface area contributed by atoms with Crippen LogP contribution in [-0.4, -0.2) is 20.9 Å². The van der Waals surface area contributed by atoms with E-state index in [-0.39, 0.29) is 17.2 Å². The Morgan fingerprint density at radius 1 is 0.839 bits per heavy atom. The number of aryl methyl sites for hydroxylation is 1. The van der Waals surface area contributed by atoms with E-state index in [0.29, 0.717) is 35.1 Å². The third-order valence-corrected chi connectivity index (χ3v) is 6.67. The van der Waals surface area contributed by atoms with Crippen molar-refractivity contribution >= 4 is 44.8 Å². The zero-order valence-corrected chi connectivity index (χ0v) is 19.0. The van der Waals surface area contributed by atoms with Gasteiger partial charge in [-0.1, -0.05) is 65.7 Å². The van der Waals surface area contributed by atoms with Crippen LogP contribution in [0.3, 0.4) is 0 Å². The molecule has 162 valence electrons. The zero-order valence-electron chi connectivity index (χ0n) is 16.6. The van der Waals surface area contributed by atoms with Crippen molar-refractivity contribution in [2.75, 3.05) is 11.9 Å². The summed E-state index contributed by atoms with van der Waals surface area (Å²) in [6, 6.07) is 21.1. The highest BCUT2D eigenvalue weighted by molar-refractivity contribution is 7.89. The average Bonchev–Trinajstić information content (AvgIpc) is 2.76. The number of rotatable bonds is 9. The summed E-state index contributed by atoms with van der Waals surface area (Å²) in [4.78, 5) is 12.4. The van der Waals surface area contributed by atoms with Crippen molar-refractivity contribution < 1.29 is 13.2 Å². The minimum atomic E-state index is -3.58. The van der Waals surface area contributed by atoms with Gasteiger partial charge in [0.1, 0.15) is 0 Å². The first-order valence-corrected chi connectivity index (χ1v) is 11.9. The molecule has 0 spiro atoms. The summed E-state index contributed by atoms with van der Waals surface area (Å²) in [6.07, 6.45) is 1.31. The summed E-state index contributed by atoms with van der Waals surface area (Å²) in [7, 11) is -3.58. The number of hydrogen-bond acceptors (Lipinski definition) is 3. The summed E-state index contributed by atoms with van der Waals surface area (Å²) < 4.78 is 27.5. The number of benzene rings is 3. The van der Waals surface area contributed by atoms with Gasteiger partial charge in [-0.2, -0.15) is 0 Å². The van der Waals surface area contributed by atoms with Crippen molar-refractivity contribution in [3.63, 3.8) is 0 Å². The number of hydrogen-bond donors (Lipinski definition) is 2. The predicted molar refractivity (Wildman–Crippen MR) is 125 cm³/mol. The van der Waals surface area contributed by atoms with E-state index in [0.717, 1.165) is 11.1 Å². The molecular weight excluding hydrogens is 455 g/mol. The number of carbonyl (C=O) groups excluding carboxylic acids is 1. The lowest BCUT2D eigenvalue weighted by atomic mass is 10.1. The molecule has 5 nitrogen and oxygen atoms in total. The van der Waals surface area contributed by atoms with E-state index in [4.69, 9.17) is 23.2 Å². The summed E-state index contributed by atoms with van der Waals surface area (Å²) in [5.74, 6) is -0.205. The van der Waals surface area contributed by atoms with Crippen molar-refractivity contribution in [2.24, 2.45) is 0 Å². The Morgan fingerprint density at radius 3 is 2.23 bits per heavy atom. The second-order valence-electron chi connectivity index (χ2n) is 6.95. The topological polar surface area (TPSA) is 75.3 Å². The molecule has 0 aliphatic heterocycles. The van der Waals surface area contributed by atoms with Crippen molar-refractivity contribution in [3.05, 3.63) is 94.0 Å². The van der Waals surface area contributed by atoms with Gasteiger partial charge in [-0.15, -0.1) is 0 Å². The highest BCUT2D eigenvalue weighted by Crippen LogP contribution is 2.25. The van der Waals surface area contributed by atoms with Crippen LogP contribution in [0, 0.1) is 0 Å². The van der Waals surface area contributed by atoms with E-state index in [1.807, 2.05) is 30.3 Å². The standard InChI is InChI=1S/C23H22Cl2N2O3S/c24-19-9-12-21(25)22(16-19)27-23(28)13-8-18-6-10-20(11-7-18)31(29,30)26-15-14-17-4-2-1-3-5-17/h1-7,9-12,16,26H,8,13-15H2,(H,27,28). The number of carbonyl (C=O) groups is 1. The highest BCUT2D eigenvalue weighted by atomic mass is 35.5. The van der Waals surface area contributed by atoms with E-state index in [1.165, 1.54) is 0 Å². The molecule has 3 aromatic rings. The number of nitrogens with one attached hydrogen (secondary N) is 2. The van der Waals surface area contributed by atoms with Crippen molar-refractivity contribution in [1.82, 2.24) is 4.72 Å². The molecule has 0 heterocycles. The largest absolute Gasteiger partial charge is 0.325 e. The molecule has 0 bridgehead atoms. The molecule has 3 aromatic carbocycles. The van der Waals surface area contributed by atoms with Crippen LogP contribution < -0.4 is 10.0 Å². The fourth-order valence-electron chi connectivity index (χ4n) is 2.96. The van der Waals surface area contributed by atoms with Gasteiger partial charge in [0.05, 0.1) is 15.6 Å². The molecule has 31 heavy (non-hydrogen) atoms. The molecule has 0 atom stereocenters. The maximum Gasteiger partial charge on any atom is 0.240 e. The maximum absolute atomic E-state index is 12.5. The van der Waals surface area contributed by atoms with Crippen LogP contribution in [0.2, 0.25) is 10.0 Å². The molecule has 0 saturated carbocycles. The van der Waals surface area contributed by atoms with Gasteiger partial charge in [0.25, 0.3) is 0 Å². The van der Waals surface area contributed by atoms with E-state index in [1.54, 1.807) is 42.5 Å². The molecule has 8 heteroatoms. The molecule has 1 amide bonds. The van der Waals surface area contributed by atoms with Gasteiger partial charge >= 0.3 is 0 Å².